The molecule has 0 aliphatic heterocycles. The van der Waals surface area contributed by atoms with Crippen molar-refractivity contribution in [3.8, 4) is 0 Å². The molecule has 0 unspecified atom stereocenters. The van der Waals surface area contributed by atoms with Crippen molar-refractivity contribution >= 4 is 28.6 Å². The molecule has 1 atom stereocenters. The summed E-state index contributed by atoms with van der Waals surface area (Å²) in [5.74, 6) is -0.582. The Labute approximate surface area is 185 Å². The number of carbonyl (C=O) groups is 2. The minimum absolute atomic E-state index is 0.106. The van der Waals surface area contributed by atoms with Gasteiger partial charge in [0.15, 0.2) is 0 Å². The molecule has 7 nitrogen and oxygen atoms in total. The van der Waals surface area contributed by atoms with Crippen molar-refractivity contribution in [1.82, 2.24) is 15.3 Å². The molecule has 32 heavy (non-hydrogen) atoms. The van der Waals surface area contributed by atoms with Gasteiger partial charge in [0.25, 0.3) is 0 Å². The largest absolute Gasteiger partial charge is 0.462 e. The number of rotatable bonds is 7. The van der Waals surface area contributed by atoms with Crippen LogP contribution in [-0.2, 0) is 4.74 Å². The minimum atomic E-state index is -0.476. The molecule has 162 valence electrons. The highest BCUT2D eigenvalue weighted by Gasteiger charge is 2.20. The highest BCUT2D eigenvalue weighted by molar-refractivity contribution is 6.00. The highest BCUT2D eigenvalue weighted by atomic mass is 16.5. The summed E-state index contributed by atoms with van der Waals surface area (Å²) in [6, 6.07) is 18.3. The monoisotopic (exact) mass is 428 g/mol. The smallest absolute Gasteiger partial charge is 0.340 e. The molecular formula is C25H24N4O3. The number of hydrogen-bond donors (Lipinski definition) is 3. The standard InChI is InChI=1S/C25H24N4O3/c1-2-32-24(30)19-10-4-6-12-23(19)29-25(31)28-15-20(17-8-7-13-26-14-17)21-16-27-22-11-5-3-9-18(21)22/h3-14,16,20,27H,2,15H2,1H3,(H2,28,29,31)/t20-/m0/s1. The molecule has 0 aliphatic rings. The molecule has 0 spiro atoms. The zero-order valence-corrected chi connectivity index (χ0v) is 17.7. The van der Waals surface area contributed by atoms with Gasteiger partial charge in [-0.25, -0.2) is 9.59 Å². The summed E-state index contributed by atoms with van der Waals surface area (Å²) >= 11 is 0. The van der Waals surface area contributed by atoms with Gasteiger partial charge in [0, 0.05) is 42.0 Å². The molecule has 0 saturated heterocycles. The fourth-order valence-corrected chi connectivity index (χ4v) is 3.71. The second kappa shape index (κ2) is 9.78. The van der Waals surface area contributed by atoms with E-state index >= 15 is 0 Å². The van der Waals surface area contributed by atoms with Crippen molar-refractivity contribution < 1.29 is 14.3 Å². The maximum absolute atomic E-state index is 12.7. The topological polar surface area (TPSA) is 96.1 Å². The Morgan fingerprint density at radius 1 is 1.06 bits per heavy atom. The van der Waals surface area contributed by atoms with Crippen LogP contribution in [-0.4, -0.2) is 35.1 Å². The number of aromatic amines is 1. The van der Waals surface area contributed by atoms with Crippen LogP contribution in [0.1, 0.15) is 34.3 Å². The van der Waals surface area contributed by atoms with E-state index in [0.717, 1.165) is 22.0 Å². The molecule has 3 N–H and O–H groups in total. The van der Waals surface area contributed by atoms with Crippen LogP contribution in [0.15, 0.2) is 79.3 Å². The molecule has 2 aromatic heterocycles. The summed E-state index contributed by atoms with van der Waals surface area (Å²) < 4.78 is 5.07. The summed E-state index contributed by atoms with van der Waals surface area (Å²) in [4.78, 5) is 32.4. The quantitative estimate of drug-likeness (QED) is 0.372. The number of nitrogens with zero attached hydrogens (tertiary/aromatic N) is 1. The van der Waals surface area contributed by atoms with Gasteiger partial charge in [0.05, 0.1) is 17.9 Å². The lowest BCUT2D eigenvalue weighted by Gasteiger charge is -2.18. The van der Waals surface area contributed by atoms with Crippen molar-refractivity contribution in [2.24, 2.45) is 0 Å². The fourth-order valence-electron chi connectivity index (χ4n) is 3.71. The number of nitrogens with one attached hydrogen (secondary N) is 3. The number of H-pyrrole nitrogens is 1. The molecule has 0 saturated carbocycles. The van der Waals surface area contributed by atoms with E-state index in [-0.39, 0.29) is 12.5 Å². The lowest BCUT2D eigenvalue weighted by atomic mass is 9.92. The van der Waals surface area contributed by atoms with Crippen molar-refractivity contribution in [2.45, 2.75) is 12.8 Å². The molecule has 4 aromatic rings. The summed E-state index contributed by atoms with van der Waals surface area (Å²) in [5.41, 5.74) is 3.80. The number of urea groups is 1. The van der Waals surface area contributed by atoms with E-state index < -0.39 is 12.0 Å². The number of hydrogen-bond acceptors (Lipinski definition) is 4. The number of anilines is 1. The van der Waals surface area contributed by atoms with Crippen molar-refractivity contribution in [3.05, 3.63) is 95.9 Å². The average Bonchev–Trinajstić information content (AvgIpc) is 3.24. The Balaban J connectivity index is 1.54. The van der Waals surface area contributed by atoms with Gasteiger partial charge in [-0.1, -0.05) is 36.4 Å². The van der Waals surface area contributed by atoms with Crippen LogP contribution in [0.25, 0.3) is 10.9 Å². The van der Waals surface area contributed by atoms with E-state index in [4.69, 9.17) is 4.74 Å². The van der Waals surface area contributed by atoms with Crippen LogP contribution in [0, 0.1) is 0 Å². The van der Waals surface area contributed by atoms with Crippen LogP contribution in [0.2, 0.25) is 0 Å². The maximum Gasteiger partial charge on any atom is 0.340 e. The maximum atomic E-state index is 12.7. The molecule has 0 bridgehead atoms. The Morgan fingerprint density at radius 3 is 2.69 bits per heavy atom. The number of aromatic nitrogens is 2. The molecule has 0 radical (unpaired) electrons. The second-order valence-corrected chi connectivity index (χ2v) is 7.23. The molecular weight excluding hydrogens is 404 g/mol. The van der Waals surface area contributed by atoms with E-state index in [2.05, 4.69) is 26.7 Å². The Morgan fingerprint density at radius 2 is 1.88 bits per heavy atom. The third kappa shape index (κ3) is 4.62. The van der Waals surface area contributed by atoms with Crippen LogP contribution in [0.4, 0.5) is 10.5 Å². The lowest BCUT2D eigenvalue weighted by Crippen LogP contribution is -2.33. The molecule has 0 aliphatic carbocycles. The van der Waals surface area contributed by atoms with Gasteiger partial charge in [-0.15, -0.1) is 0 Å². The molecule has 2 aromatic carbocycles. The first-order valence-electron chi connectivity index (χ1n) is 10.4. The summed E-state index contributed by atoms with van der Waals surface area (Å²) in [6.45, 7) is 2.35. The number of benzene rings is 2. The fraction of sp³-hybridized carbons (Fsp3) is 0.160. The van der Waals surface area contributed by atoms with Gasteiger partial charge in [0.1, 0.15) is 0 Å². The van der Waals surface area contributed by atoms with Gasteiger partial charge in [-0.2, -0.15) is 0 Å². The number of fused-ring (bicyclic) bond motifs is 1. The van der Waals surface area contributed by atoms with E-state index in [1.54, 1.807) is 37.4 Å². The number of amides is 2. The third-order valence-corrected chi connectivity index (χ3v) is 5.22. The summed E-state index contributed by atoms with van der Waals surface area (Å²) in [7, 11) is 0. The molecule has 4 rings (SSSR count). The minimum Gasteiger partial charge on any atom is -0.462 e. The van der Waals surface area contributed by atoms with Crippen molar-refractivity contribution in [3.63, 3.8) is 0 Å². The summed E-state index contributed by atoms with van der Waals surface area (Å²) in [5, 5.41) is 6.80. The highest BCUT2D eigenvalue weighted by Crippen LogP contribution is 2.30. The van der Waals surface area contributed by atoms with Crippen molar-refractivity contribution in [1.29, 1.82) is 0 Å². The first-order valence-corrected chi connectivity index (χ1v) is 10.4. The SMILES string of the molecule is CCOC(=O)c1ccccc1NC(=O)NC[C@@H](c1cccnc1)c1c[nH]c2ccccc12. The summed E-state index contributed by atoms with van der Waals surface area (Å²) in [6.07, 6.45) is 5.50. The van der Waals surface area contributed by atoms with Crippen LogP contribution >= 0.6 is 0 Å². The van der Waals surface area contributed by atoms with Gasteiger partial charge < -0.3 is 20.4 Å². The first kappa shape index (κ1) is 21.1. The van der Waals surface area contributed by atoms with Gasteiger partial charge in [-0.3, -0.25) is 4.98 Å². The second-order valence-electron chi connectivity index (χ2n) is 7.23. The van der Waals surface area contributed by atoms with Crippen molar-refractivity contribution in [2.75, 3.05) is 18.5 Å². The predicted octanol–water partition coefficient (Wildman–Crippen LogP) is 4.69. The zero-order valence-electron chi connectivity index (χ0n) is 17.7. The van der Waals surface area contributed by atoms with Crippen LogP contribution < -0.4 is 10.6 Å². The Kier molecular flexibility index (Phi) is 6.46. The number of pyridine rings is 1. The van der Waals surface area contributed by atoms with Crippen LogP contribution in [0.5, 0.6) is 0 Å². The average molecular weight is 428 g/mol. The van der Waals surface area contributed by atoms with Crippen LogP contribution in [0.3, 0.4) is 0 Å². The molecule has 2 amide bonds. The number of ether oxygens (including phenoxy) is 1. The predicted molar refractivity (Wildman–Crippen MR) is 124 cm³/mol. The molecule has 7 heteroatoms. The van der Waals surface area contributed by atoms with E-state index in [1.807, 2.05) is 42.7 Å². The Bertz CT molecular complexity index is 1220. The lowest BCUT2D eigenvalue weighted by molar-refractivity contribution is 0.0527. The van der Waals surface area contributed by atoms with Gasteiger partial charge in [0.2, 0.25) is 0 Å². The normalized spacial score (nSPS) is 11.7. The first-order chi connectivity index (χ1) is 15.7. The van der Waals surface area contributed by atoms with Gasteiger partial charge in [-0.05, 0) is 42.3 Å². The van der Waals surface area contributed by atoms with Gasteiger partial charge >= 0.3 is 12.0 Å². The Hall–Kier alpha value is -4.13. The third-order valence-electron chi connectivity index (χ3n) is 5.22. The number of para-hydroxylation sites is 2. The number of esters is 1. The van der Waals surface area contributed by atoms with E-state index in [9.17, 15) is 9.59 Å². The van der Waals surface area contributed by atoms with E-state index in [1.165, 1.54) is 0 Å². The van der Waals surface area contributed by atoms with E-state index in [0.29, 0.717) is 17.8 Å². The number of carbonyl (C=O) groups excluding carboxylic acids is 2. The zero-order chi connectivity index (χ0) is 22.3. The molecule has 2 heterocycles. The molecule has 0 fully saturated rings.